The van der Waals surface area contributed by atoms with E-state index < -0.39 is 0 Å². The molecule has 1 aromatic heterocycles. The molecule has 1 aliphatic heterocycles. The van der Waals surface area contributed by atoms with Crippen LogP contribution in [-0.4, -0.2) is 11.9 Å². The van der Waals surface area contributed by atoms with Gasteiger partial charge in [0.2, 0.25) is 0 Å². The van der Waals surface area contributed by atoms with Crippen molar-refractivity contribution in [1.29, 1.82) is 0 Å². The van der Waals surface area contributed by atoms with Crippen molar-refractivity contribution in [2.75, 3.05) is 5.32 Å². The average molecular weight is 419 g/mol. The van der Waals surface area contributed by atoms with E-state index >= 15 is 0 Å². The van der Waals surface area contributed by atoms with E-state index in [2.05, 4.69) is 10.6 Å². The molecule has 0 unspecified atom stereocenters. The van der Waals surface area contributed by atoms with Crippen molar-refractivity contribution < 1.29 is 14.3 Å². The lowest BCUT2D eigenvalue weighted by molar-refractivity contribution is 0.0734. The molecule has 1 atom stereocenters. The third-order valence-electron chi connectivity index (χ3n) is 5.66. The van der Waals surface area contributed by atoms with Crippen LogP contribution in [0.25, 0.3) is 0 Å². The number of ether oxygens (including phenoxy) is 1. The first kappa shape index (κ1) is 18.9. The summed E-state index contributed by atoms with van der Waals surface area (Å²) in [6.07, 6.45) is 4.10. The third kappa shape index (κ3) is 3.48. The van der Waals surface area contributed by atoms with Crippen LogP contribution < -0.4 is 15.4 Å². The molecule has 0 bridgehead atoms. The second-order valence-electron chi connectivity index (χ2n) is 7.79. The molecule has 2 N–H and O–H groups in total. The number of nitrogens with one attached hydrogen (secondary N) is 2. The van der Waals surface area contributed by atoms with E-state index in [-0.39, 0.29) is 18.0 Å². The van der Waals surface area contributed by atoms with E-state index in [9.17, 15) is 9.59 Å². The van der Waals surface area contributed by atoms with Crippen molar-refractivity contribution >= 4 is 28.2 Å². The predicted molar refractivity (Wildman–Crippen MR) is 117 cm³/mol. The van der Waals surface area contributed by atoms with Crippen molar-refractivity contribution in [1.82, 2.24) is 5.32 Å². The largest absolute Gasteiger partial charge is 0.423 e. The van der Waals surface area contributed by atoms with Crippen LogP contribution in [0.4, 0.5) is 5.00 Å². The minimum atomic E-state index is -0.388. The normalized spacial score (nSPS) is 17.4. The number of esters is 1. The minimum absolute atomic E-state index is 0.0111. The van der Waals surface area contributed by atoms with Gasteiger partial charge in [0, 0.05) is 4.88 Å². The van der Waals surface area contributed by atoms with Crippen LogP contribution in [0.3, 0.4) is 0 Å². The number of aryl methyl sites for hydroxylation is 2. The molecule has 6 heteroatoms. The van der Waals surface area contributed by atoms with Crippen LogP contribution >= 0.6 is 11.3 Å². The second-order valence-corrected chi connectivity index (χ2v) is 8.90. The van der Waals surface area contributed by atoms with Gasteiger partial charge in [-0.25, -0.2) is 4.79 Å². The van der Waals surface area contributed by atoms with Crippen molar-refractivity contribution in [3.63, 3.8) is 0 Å². The van der Waals surface area contributed by atoms with Gasteiger partial charge in [-0.05, 0) is 68.0 Å². The number of benzene rings is 2. The molecular formula is C24H22N2O3S. The number of hydrogen-bond acceptors (Lipinski definition) is 5. The molecule has 0 fully saturated rings. The summed E-state index contributed by atoms with van der Waals surface area (Å²) in [6.45, 7) is 1.97. The van der Waals surface area contributed by atoms with Crippen LogP contribution in [0, 0.1) is 6.92 Å². The molecule has 2 aliphatic rings. The van der Waals surface area contributed by atoms with E-state index in [1.165, 1.54) is 16.9 Å². The SMILES string of the molecule is Cc1ccc(C(=O)Oc2ccc([C@@H]3NC(=O)c4c(sc5c4CCCC5)N3)cc2)cc1. The molecule has 1 amide bonds. The molecule has 152 valence electrons. The van der Waals surface area contributed by atoms with E-state index in [1.54, 1.807) is 35.6 Å². The van der Waals surface area contributed by atoms with Gasteiger partial charge in [0.25, 0.3) is 5.91 Å². The molecule has 0 saturated heterocycles. The Hall–Kier alpha value is -3.12. The van der Waals surface area contributed by atoms with Gasteiger partial charge in [0.1, 0.15) is 16.9 Å². The van der Waals surface area contributed by atoms with Gasteiger partial charge in [0.15, 0.2) is 0 Å². The van der Waals surface area contributed by atoms with Crippen molar-refractivity contribution in [3.8, 4) is 5.75 Å². The number of rotatable bonds is 3. The molecule has 5 rings (SSSR count). The standard InChI is InChI=1S/C24H22N2O3S/c1-14-6-8-16(9-7-14)24(28)29-17-12-10-15(11-13-17)21-25-22(27)20-18-4-2-3-5-19(18)30-23(20)26-21/h6-13,21,26H,2-5H2,1H3,(H,25,27)/t21-/m1/s1. The fourth-order valence-electron chi connectivity index (χ4n) is 4.03. The maximum Gasteiger partial charge on any atom is 0.343 e. The lowest BCUT2D eigenvalue weighted by Crippen LogP contribution is -2.38. The number of fused-ring (bicyclic) bond motifs is 3. The molecule has 30 heavy (non-hydrogen) atoms. The van der Waals surface area contributed by atoms with Gasteiger partial charge in [0.05, 0.1) is 11.1 Å². The maximum absolute atomic E-state index is 12.8. The van der Waals surface area contributed by atoms with Gasteiger partial charge in [-0.2, -0.15) is 0 Å². The Morgan fingerprint density at radius 2 is 1.73 bits per heavy atom. The summed E-state index contributed by atoms with van der Waals surface area (Å²) in [7, 11) is 0. The van der Waals surface area contributed by atoms with Crippen LogP contribution in [-0.2, 0) is 12.8 Å². The summed E-state index contributed by atoms with van der Waals surface area (Å²) in [5.41, 5.74) is 4.57. The number of carbonyl (C=O) groups excluding carboxylic acids is 2. The minimum Gasteiger partial charge on any atom is -0.423 e. The summed E-state index contributed by atoms with van der Waals surface area (Å²) < 4.78 is 5.47. The highest BCUT2D eigenvalue weighted by molar-refractivity contribution is 7.16. The first-order valence-corrected chi connectivity index (χ1v) is 11.0. The number of carbonyl (C=O) groups is 2. The highest BCUT2D eigenvalue weighted by Gasteiger charge is 2.31. The summed E-state index contributed by atoms with van der Waals surface area (Å²) in [4.78, 5) is 26.4. The Morgan fingerprint density at radius 3 is 2.50 bits per heavy atom. The maximum atomic E-state index is 12.8. The number of anilines is 1. The van der Waals surface area contributed by atoms with Crippen molar-refractivity contribution in [2.45, 2.75) is 38.8 Å². The molecule has 5 nitrogen and oxygen atoms in total. The van der Waals surface area contributed by atoms with Crippen molar-refractivity contribution in [3.05, 3.63) is 81.2 Å². The predicted octanol–water partition coefficient (Wildman–Crippen LogP) is 5.01. The van der Waals surface area contributed by atoms with Gasteiger partial charge in [-0.1, -0.05) is 29.8 Å². The van der Waals surface area contributed by atoms with Crippen LogP contribution in [0.5, 0.6) is 5.75 Å². The second kappa shape index (κ2) is 7.61. The monoisotopic (exact) mass is 418 g/mol. The molecule has 0 saturated carbocycles. The first-order valence-electron chi connectivity index (χ1n) is 10.2. The van der Waals surface area contributed by atoms with Gasteiger partial charge in [-0.15, -0.1) is 11.3 Å². The molecule has 2 aromatic carbocycles. The first-order chi connectivity index (χ1) is 14.6. The summed E-state index contributed by atoms with van der Waals surface area (Å²) in [5, 5.41) is 7.50. The highest BCUT2D eigenvalue weighted by Crippen LogP contribution is 2.41. The summed E-state index contributed by atoms with van der Waals surface area (Å²) in [5.74, 6) is 0.0717. The molecule has 1 aliphatic carbocycles. The average Bonchev–Trinajstić information content (AvgIpc) is 3.13. The van der Waals surface area contributed by atoms with Crippen LogP contribution in [0.2, 0.25) is 0 Å². The zero-order valence-corrected chi connectivity index (χ0v) is 17.5. The molecule has 2 heterocycles. The quantitative estimate of drug-likeness (QED) is 0.464. The number of hydrogen-bond donors (Lipinski definition) is 2. The zero-order valence-electron chi connectivity index (χ0n) is 16.7. The van der Waals surface area contributed by atoms with Gasteiger partial charge < -0.3 is 15.4 Å². The summed E-state index contributed by atoms with van der Waals surface area (Å²) in [6, 6.07) is 14.5. The van der Waals surface area contributed by atoms with E-state index in [0.717, 1.165) is 41.0 Å². The number of amides is 1. The van der Waals surface area contributed by atoms with E-state index in [4.69, 9.17) is 4.74 Å². The number of thiophene rings is 1. The molecular weight excluding hydrogens is 396 g/mol. The lowest BCUT2D eigenvalue weighted by Gasteiger charge is -2.27. The Morgan fingerprint density at radius 1 is 1.00 bits per heavy atom. The molecule has 0 radical (unpaired) electrons. The Balaban J connectivity index is 1.31. The van der Waals surface area contributed by atoms with Crippen LogP contribution in [0.15, 0.2) is 48.5 Å². The Kier molecular flexibility index (Phi) is 4.79. The van der Waals surface area contributed by atoms with E-state index in [0.29, 0.717) is 11.3 Å². The van der Waals surface area contributed by atoms with Gasteiger partial charge in [-0.3, -0.25) is 4.79 Å². The van der Waals surface area contributed by atoms with Gasteiger partial charge >= 0.3 is 5.97 Å². The smallest absolute Gasteiger partial charge is 0.343 e. The third-order valence-corrected chi connectivity index (χ3v) is 6.88. The molecule has 0 spiro atoms. The topological polar surface area (TPSA) is 67.4 Å². The Labute approximate surface area is 179 Å². The lowest BCUT2D eigenvalue weighted by atomic mass is 9.94. The highest BCUT2D eigenvalue weighted by atomic mass is 32.1. The van der Waals surface area contributed by atoms with Crippen LogP contribution in [0.1, 0.15) is 61.3 Å². The summed E-state index contributed by atoms with van der Waals surface area (Å²) >= 11 is 1.71. The van der Waals surface area contributed by atoms with Crippen molar-refractivity contribution in [2.24, 2.45) is 0 Å². The fraction of sp³-hybridized carbons (Fsp3) is 0.250. The fourth-order valence-corrected chi connectivity index (χ4v) is 5.34. The molecule has 3 aromatic rings. The zero-order chi connectivity index (χ0) is 20.7. The Bertz CT molecular complexity index is 1120. The van der Waals surface area contributed by atoms with E-state index in [1.807, 2.05) is 31.2 Å².